The minimum absolute atomic E-state index is 0.153. The summed E-state index contributed by atoms with van der Waals surface area (Å²) in [7, 11) is 3.25. The van der Waals surface area contributed by atoms with Crippen LogP contribution in [-0.4, -0.2) is 20.0 Å². The van der Waals surface area contributed by atoms with Gasteiger partial charge in [0.1, 0.15) is 11.9 Å². The third-order valence-corrected chi connectivity index (χ3v) is 3.00. The van der Waals surface area contributed by atoms with Gasteiger partial charge in [-0.15, -0.1) is 0 Å². The molecule has 0 aromatic heterocycles. The highest BCUT2D eigenvalue weighted by Crippen LogP contribution is 2.34. The highest BCUT2D eigenvalue weighted by atomic mass is 16.5. The van der Waals surface area contributed by atoms with Crippen molar-refractivity contribution >= 4 is 5.78 Å². The van der Waals surface area contributed by atoms with Crippen molar-refractivity contribution in [2.45, 2.75) is 12.5 Å². The number of rotatable bonds is 1. The normalized spacial score (nSPS) is 16.5. The van der Waals surface area contributed by atoms with Gasteiger partial charge in [-0.3, -0.25) is 4.79 Å². The average Bonchev–Trinajstić information content (AvgIpc) is 2.49. The average molecular weight is 270 g/mol. The van der Waals surface area contributed by atoms with Gasteiger partial charge in [-0.2, -0.15) is 0 Å². The lowest BCUT2D eigenvalue weighted by molar-refractivity contribution is 0.0850. The first-order chi connectivity index (χ1) is 9.76. The molecule has 0 fully saturated rings. The van der Waals surface area contributed by atoms with Crippen LogP contribution in [0.4, 0.5) is 0 Å². The topological polar surface area (TPSA) is 35.5 Å². The van der Waals surface area contributed by atoms with E-state index in [1.54, 1.807) is 14.2 Å². The van der Waals surface area contributed by atoms with E-state index in [0.29, 0.717) is 17.7 Å². The zero-order valence-electron chi connectivity index (χ0n) is 11.7. The first kappa shape index (κ1) is 14.3. The molecule has 1 atom stereocenters. The molecule has 0 amide bonds. The number of carbonyl (C=O) groups is 1. The van der Waals surface area contributed by atoms with Crippen LogP contribution in [0, 0.1) is 0 Å². The Balaban J connectivity index is 0.000000452. The predicted molar refractivity (Wildman–Crippen MR) is 78.1 cm³/mol. The molecule has 1 aliphatic heterocycles. The Bertz CT molecular complexity index is 563. The Labute approximate surface area is 119 Å². The number of fused-ring (bicyclic) bond motifs is 1. The second-order valence-electron chi connectivity index (χ2n) is 4.55. The Morgan fingerprint density at radius 3 is 2.30 bits per heavy atom. The van der Waals surface area contributed by atoms with Crippen LogP contribution in [0.25, 0.3) is 0 Å². The molecule has 0 radical (unpaired) electrons. The molecule has 3 nitrogen and oxygen atoms in total. The van der Waals surface area contributed by atoms with Crippen LogP contribution in [0.15, 0.2) is 54.6 Å². The summed E-state index contributed by atoms with van der Waals surface area (Å²) in [5.41, 5.74) is 1.75. The number of methoxy groups -OCH3 is 1. The molecule has 0 bridgehead atoms. The first-order valence-electron chi connectivity index (χ1n) is 6.50. The van der Waals surface area contributed by atoms with Crippen molar-refractivity contribution < 1.29 is 14.3 Å². The maximum atomic E-state index is 12.0. The lowest BCUT2D eigenvalue weighted by Gasteiger charge is -2.25. The first-order valence-corrected chi connectivity index (χ1v) is 6.50. The summed E-state index contributed by atoms with van der Waals surface area (Å²) in [4.78, 5) is 12.0. The summed E-state index contributed by atoms with van der Waals surface area (Å²) in [6.45, 7) is 0. The van der Waals surface area contributed by atoms with Gasteiger partial charge in [-0.05, 0) is 17.7 Å². The van der Waals surface area contributed by atoms with Crippen molar-refractivity contribution in [2.75, 3.05) is 14.2 Å². The van der Waals surface area contributed by atoms with Crippen molar-refractivity contribution in [1.29, 1.82) is 0 Å². The minimum Gasteiger partial charge on any atom is -0.484 e. The number of Topliss-reactive ketones (excluding diaryl/α,β-unsaturated/α-hetero) is 1. The monoisotopic (exact) mass is 270 g/mol. The zero-order valence-corrected chi connectivity index (χ0v) is 11.7. The molecule has 2 aromatic rings. The molecule has 1 heterocycles. The van der Waals surface area contributed by atoms with Crippen molar-refractivity contribution in [3.63, 3.8) is 0 Å². The highest BCUT2D eigenvalue weighted by Gasteiger charge is 2.26. The molecule has 20 heavy (non-hydrogen) atoms. The summed E-state index contributed by atoms with van der Waals surface area (Å²) in [5.74, 6) is 0.846. The van der Waals surface area contributed by atoms with E-state index >= 15 is 0 Å². The van der Waals surface area contributed by atoms with Gasteiger partial charge < -0.3 is 9.47 Å². The van der Waals surface area contributed by atoms with E-state index in [9.17, 15) is 4.79 Å². The van der Waals surface area contributed by atoms with E-state index < -0.39 is 0 Å². The fraction of sp³-hybridized carbons (Fsp3) is 0.235. The SMILES string of the molecule is COC.O=C1CC(c2ccccc2)Oc2ccccc21. The molecule has 0 aliphatic carbocycles. The van der Waals surface area contributed by atoms with Crippen LogP contribution >= 0.6 is 0 Å². The number of carbonyl (C=O) groups excluding carboxylic acids is 1. The molecular formula is C17H18O3. The van der Waals surface area contributed by atoms with Crippen LogP contribution in [0.5, 0.6) is 5.75 Å². The largest absolute Gasteiger partial charge is 0.484 e. The number of benzene rings is 2. The number of ether oxygens (including phenoxy) is 2. The molecule has 0 saturated heterocycles. The summed E-state index contributed by atoms with van der Waals surface area (Å²) < 4.78 is 10.1. The Kier molecular flexibility index (Phi) is 4.91. The van der Waals surface area contributed by atoms with Crippen LogP contribution in [0.1, 0.15) is 28.4 Å². The Hall–Kier alpha value is -2.13. The Morgan fingerprint density at radius 1 is 1.00 bits per heavy atom. The summed E-state index contributed by atoms with van der Waals surface area (Å²) >= 11 is 0. The molecule has 104 valence electrons. The van der Waals surface area contributed by atoms with E-state index in [-0.39, 0.29) is 11.9 Å². The van der Waals surface area contributed by atoms with Gasteiger partial charge in [0.25, 0.3) is 0 Å². The van der Waals surface area contributed by atoms with Crippen LogP contribution in [0.3, 0.4) is 0 Å². The van der Waals surface area contributed by atoms with Gasteiger partial charge in [0.2, 0.25) is 0 Å². The third kappa shape index (κ3) is 3.25. The highest BCUT2D eigenvalue weighted by molar-refractivity contribution is 5.99. The van der Waals surface area contributed by atoms with Crippen LogP contribution in [-0.2, 0) is 4.74 Å². The van der Waals surface area contributed by atoms with Crippen molar-refractivity contribution in [3.05, 3.63) is 65.7 Å². The van der Waals surface area contributed by atoms with E-state index in [0.717, 1.165) is 5.56 Å². The third-order valence-electron chi connectivity index (χ3n) is 3.00. The molecule has 1 unspecified atom stereocenters. The quantitative estimate of drug-likeness (QED) is 0.793. The maximum Gasteiger partial charge on any atom is 0.170 e. The van der Waals surface area contributed by atoms with E-state index in [1.165, 1.54) is 0 Å². The molecule has 0 N–H and O–H groups in total. The lowest BCUT2D eigenvalue weighted by atomic mass is 9.96. The van der Waals surface area contributed by atoms with Gasteiger partial charge in [-0.25, -0.2) is 0 Å². The summed E-state index contributed by atoms with van der Waals surface area (Å²) in [6, 6.07) is 17.3. The molecule has 0 spiro atoms. The second kappa shape index (κ2) is 6.87. The molecular weight excluding hydrogens is 252 g/mol. The molecule has 0 saturated carbocycles. The van der Waals surface area contributed by atoms with Crippen molar-refractivity contribution in [2.24, 2.45) is 0 Å². The summed E-state index contributed by atoms with van der Waals surface area (Å²) in [5, 5.41) is 0. The van der Waals surface area contributed by atoms with Crippen LogP contribution in [0.2, 0.25) is 0 Å². The predicted octanol–water partition coefficient (Wildman–Crippen LogP) is 3.66. The van der Waals surface area contributed by atoms with Crippen LogP contribution < -0.4 is 4.74 Å². The van der Waals surface area contributed by atoms with Gasteiger partial charge in [0, 0.05) is 14.2 Å². The van der Waals surface area contributed by atoms with Gasteiger partial charge in [-0.1, -0.05) is 42.5 Å². The lowest BCUT2D eigenvalue weighted by Crippen LogP contribution is -2.20. The maximum absolute atomic E-state index is 12.0. The molecule has 3 rings (SSSR count). The van der Waals surface area contributed by atoms with Gasteiger partial charge in [0.15, 0.2) is 5.78 Å². The zero-order chi connectivity index (χ0) is 14.4. The van der Waals surface area contributed by atoms with Crippen molar-refractivity contribution in [3.8, 4) is 5.75 Å². The number of hydrogen-bond acceptors (Lipinski definition) is 3. The number of ketones is 1. The fourth-order valence-corrected chi connectivity index (χ4v) is 2.13. The Morgan fingerprint density at radius 2 is 1.60 bits per heavy atom. The molecule has 1 aliphatic rings. The number of hydrogen-bond donors (Lipinski definition) is 0. The van der Waals surface area contributed by atoms with Crippen molar-refractivity contribution in [1.82, 2.24) is 0 Å². The van der Waals surface area contributed by atoms with E-state index in [4.69, 9.17) is 4.74 Å². The van der Waals surface area contributed by atoms with Gasteiger partial charge >= 0.3 is 0 Å². The van der Waals surface area contributed by atoms with E-state index in [1.807, 2.05) is 54.6 Å². The summed E-state index contributed by atoms with van der Waals surface area (Å²) in [6.07, 6.45) is 0.264. The van der Waals surface area contributed by atoms with Gasteiger partial charge in [0.05, 0.1) is 12.0 Å². The number of para-hydroxylation sites is 1. The minimum atomic E-state index is -0.154. The molecule has 2 aromatic carbocycles. The second-order valence-corrected chi connectivity index (χ2v) is 4.55. The fourth-order valence-electron chi connectivity index (χ4n) is 2.13. The smallest absolute Gasteiger partial charge is 0.170 e. The molecule has 3 heteroatoms. The van der Waals surface area contributed by atoms with E-state index in [2.05, 4.69) is 4.74 Å². The standard InChI is InChI=1S/C15H12O2.C2H6O/c16-13-10-15(11-6-2-1-3-7-11)17-14-9-5-4-8-12(13)14;1-3-2/h1-9,15H,10H2;1-2H3.